The van der Waals surface area contributed by atoms with Gasteiger partial charge in [-0.2, -0.15) is 4.98 Å². The summed E-state index contributed by atoms with van der Waals surface area (Å²) in [5.41, 5.74) is 0. The fourth-order valence-corrected chi connectivity index (χ4v) is 1.84. The lowest BCUT2D eigenvalue weighted by molar-refractivity contribution is 0.349. The zero-order chi connectivity index (χ0) is 9.10. The van der Waals surface area contributed by atoms with Crippen molar-refractivity contribution >= 4 is 12.4 Å². The van der Waals surface area contributed by atoms with E-state index < -0.39 is 0 Å². The topological polar surface area (TPSA) is 51.0 Å². The zero-order valence-corrected chi connectivity index (χ0v) is 9.14. The quantitative estimate of drug-likeness (QED) is 0.840. The van der Waals surface area contributed by atoms with Crippen LogP contribution >= 0.6 is 12.4 Å². The molecule has 5 heteroatoms. The van der Waals surface area contributed by atoms with Crippen molar-refractivity contribution in [3.05, 3.63) is 11.7 Å². The van der Waals surface area contributed by atoms with Gasteiger partial charge in [-0.05, 0) is 19.9 Å². The Morgan fingerprint density at radius 2 is 2.14 bits per heavy atom. The molecule has 1 aliphatic carbocycles. The van der Waals surface area contributed by atoms with Gasteiger partial charge in [-0.3, -0.25) is 0 Å². The largest absolute Gasteiger partial charge is 0.339 e. The van der Waals surface area contributed by atoms with Gasteiger partial charge in [0.05, 0.1) is 6.54 Å². The van der Waals surface area contributed by atoms with E-state index in [9.17, 15) is 0 Å². The molecule has 0 radical (unpaired) electrons. The smallest absolute Gasteiger partial charge is 0.229 e. The molecule has 0 aliphatic heterocycles. The Labute approximate surface area is 89.9 Å². The third-order valence-electron chi connectivity index (χ3n) is 2.52. The summed E-state index contributed by atoms with van der Waals surface area (Å²) in [6, 6.07) is 0. The van der Waals surface area contributed by atoms with Gasteiger partial charge >= 0.3 is 0 Å². The van der Waals surface area contributed by atoms with E-state index in [1.807, 2.05) is 7.05 Å². The second kappa shape index (κ2) is 5.32. The maximum absolute atomic E-state index is 5.20. The molecular weight excluding hydrogens is 202 g/mol. The number of rotatable bonds is 3. The summed E-state index contributed by atoms with van der Waals surface area (Å²) in [5, 5.41) is 6.90. The van der Waals surface area contributed by atoms with Gasteiger partial charge in [0.25, 0.3) is 0 Å². The number of nitrogens with zero attached hydrogens (tertiary/aromatic N) is 2. The second-order valence-electron chi connectivity index (χ2n) is 3.56. The van der Waals surface area contributed by atoms with E-state index in [0.717, 1.165) is 11.7 Å². The molecule has 4 nitrogen and oxygen atoms in total. The maximum atomic E-state index is 5.20. The second-order valence-corrected chi connectivity index (χ2v) is 3.56. The highest BCUT2D eigenvalue weighted by Gasteiger charge is 2.22. The number of hydrogen-bond donors (Lipinski definition) is 1. The minimum atomic E-state index is 0. The fraction of sp³-hybridized carbons (Fsp3) is 0.778. The van der Waals surface area contributed by atoms with E-state index in [-0.39, 0.29) is 12.4 Å². The van der Waals surface area contributed by atoms with Crippen LogP contribution in [0.15, 0.2) is 4.52 Å². The first-order valence-corrected chi connectivity index (χ1v) is 4.87. The van der Waals surface area contributed by atoms with Gasteiger partial charge in [0.15, 0.2) is 5.82 Å². The molecule has 1 aliphatic rings. The first-order chi connectivity index (χ1) is 6.40. The van der Waals surface area contributed by atoms with Crippen LogP contribution in [0, 0.1) is 0 Å². The molecule has 1 heterocycles. The molecule has 80 valence electrons. The van der Waals surface area contributed by atoms with Gasteiger partial charge in [-0.15, -0.1) is 12.4 Å². The van der Waals surface area contributed by atoms with Crippen molar-refractivity contribution in [2.45, 2.75) is 38.1 Å². The molecule has 0 atom stereocenters. The minimum Gasteiger partial charge on any atom is -0.339 e. The van der Waals surface area contributed by atoms with Crippen molar-refractivity contribution in [1.29, 1.82) is 0 Å². The highest BCUT2D eigenvalue weighted by Crippen LogP contribution is 2.32. The molecule has 1 N–H and O–H groups in total. The Morgan fingerprint density at radius 3 is 2.79 bits per heavy atom. The van der Waals surface area contributed by atoms with E-state index in [1.165, 1.54) is 25.7 Å². The number of aromatic nitrogens is 2. The van der Waals surface area contributed by atoms with E-state index in [1.54, 1.807) is 0 Å². The van der Waals surface area contributed by atoms with Gasteiger partial charge in [0.1, 0.15) is 0 Å². The van der Waals surface area contributed by atoms with Crippen LogP contribution in [0.25, 0.3) is 0 Å². The summed E-state index contributed by atoms with van der Waals surface area (Å²) in [7, 11) is 1.88. The predicted molar refractivity (Wildman–Crippen MR) is 55.5 cm³/mol. The molecule has 1 fully saturated rings. The third kappa shape index (κ3) is 2.45. The van der Waals surface area contributed by atoms with Crippen LogP contribution in [0.1, 0.15) is 43.3 Å². The van der Waals surface area contributed by atoms with Crippen LogP contribution < -0.4 is 5.32 Å². The molecule has 0 amide bonds. The predicted octanol–water partition coefficient (Wildman–Crippen LogP) is 1.87. The minimum absolute atomic E-state index is 0. The molecular formula is C9H16ClN3O. The summed E-state index contributed by atoms with van der Waals surface area (Å²) in [6.45, 7) is 0.691. The Morgan fingerprint density at radius 1 is 1.43 bits per heavy atom. The van der Waals surface area contributed by atoms with E-state index in [4.69, 9.17) is 4.52 Å². The monoisotopic (exact) mass is 217 g/mol. The molecule has 0 bridgehead atoms. The standard InChI is InChI=1S/C9H15N3O.ClH/c1-10-6-8-11-9(13-12-8)7-4-2-3-5-7;/h7,10H,2-6H2,1H3;1H. The Bertz CT molecular complexity index is 271. The van der Waals surface area contributed by atoms with Crippen LogP contribution in [0.3, 0.4) is 0 Å². The maximum Gasteiger partial charge on any atom is 0.229 e. The average Bonchev–Trinajstić information content (AvgIpc) is 2.70. The summed E-state index contributed by atoms with van der Waals surface area (Å²) in [6.07, 6.45) is 5.02. The van der Waals surface area contributed by atoms with E-state index in [2.05, 4.69) is 15.5 Å². The summed E-state index contributed by atoms with van der Waals surface area (Å²) in [5.74, 6) is 2.13. The van der Waals surface area contributed by atoms with Crippen molar-refractivity contribution in [3.63, 3.8) is 0 Å². The average molecular weight is 218 g/mol. The van der Waals surface area contributed by atoms with Crippen LogP contribution in [0.4, 0.5) is 0 Å². The van der Waals surface area contributed by atoms with Crippen LogP contribution in [0.5, 0.6) is 0 Å². The summed E-state index contributed by atoms with van der Waals surface area (Å²) in [4.78, 5) is 4.34. The lowest BCUT2D eigenvalue weighted by Gasteiger charge is -1.99. The number of halogens is 1. The van der Waals surface area contributed by atoms with Crippen molar-refractivity contribution in [3.8, 4) is 0 Å². The first kappa shape index (κ1) is 11.5. The molecule has 0 saturated heterocycles. The number of hydrogen-bond acceptors (Lipinski definition) is 4. The van der Waals surface area contributed by atoms with Gasteiger partial charge in [0.2, 0.25) is 5.89 Å². The van der Waals surface area contributed by atoms with Gasteiger partial charge in [-0.1, -0.05) is 18.0 Å². The lowest BCUT2D eigenvalue weighted by Crippen LogP contribution is -2.06. The Hall–Kier alpha value is -0.610. The van der Waals surface area contributed by atoms with Gasteiger partial charge < -0.3 is 9.84 Å². The molecule has 1 aromatic heterocycles. The SMILES string of the molecule is CNCc1noc(C2CCCC2)n1.Cl. The number of nitrogens with one attached hydrogen (secondary N) is 1. The molecule has 2 rings (SSSR count). The summed E-state index contributed by atoms with van der Waals surface area (Å²) >= 11 is 0. The normalized spacial score (nSPS) is 16.9. The van der Waals surface area contributed by atoms with Crippen molar-refractivity contribution < 1.29 is 4.52 Å². The van der Waals surface area contributed by atoms with Crippen LogP contribution in [-0.4, -0.2) is 17.2 Å². The van der Waals surface area contributed by atoms with E-state index in [0.29, 0.717) is 12.5 Å². The van der Waals surface area contributed by atoms with Crippen molar-refractivity contribution in [2.75, 3.05) is 7.05 Å². The fourth-order valence-electron chi connectivity index (χ4n) is 1.84. The highest BCUT2D eigenvalue weighted by molar-refractivity contribution is 5.85. The Balaban J connectivity index is 0.000000980. The van der Waals surface area contributed by atoms with Crippen molar-refractivity contribution in [2.24, 2.45) is 0 Å². The molecule has 1 saturated carbocycles. The molecule has 0 aromatic carbocycles. The molecule has 0 spiro atoms. The van der Waals surface area contributed by atoms with Crippen LogP contribution in [-0.2, 0) is 6.54 Å². The van der Waals surface area contributed by atoms with Crippen molar-refractivity contribution in [1.82, 2.24) is 15.5 Å². The first-order valence-electron chi connectivity index (χ1n) is 4.87. The molecule has 1 aromatic rings. The zero-order valence-electron chi connectivity index (χ0n) is 8.32. The molecule has 0 unspecified atom stereocenters. The van der Waals surface area contributed by atoms with Gasteiger partial charge in [0, 0.05) is 5.92 Å². The van der Waals surface area contributed by atoms with Gasteiger partial charge in [-0.25, -0.2) is 0 Å². The highest BCUT2D eigenvalue weighted by atomic mass is 35.5. The van der Waals surface area contributed by atoms with E-state index >= 15 is 0 Å². The molecule has 14 heavy (non-hydrogen) atoms. The van der Waals surface area contributed by atoms with Crippen LogP contribution in [0.2, 0.25) is 0 Å². The Kier molecular flexibility index (Phi) is 4.35. The third-order valence-corrected chi connectivity index (χ3v) is 2.52. The lowest BCUT2D eigenvalue weighted by atomic mass is 10.1. The summed E-state index contributed by atoms with van der Waals surface area (Å²) < 4.78 is 5.20.